The van der Waals surface area contributed by atoms with Crippen LogP contribution in [0.15, 0.2) is 87.8 Å². The number of benzene rings is 3. The highest BCUT2D eigenvalue weighted by molar-refractivity contribution is 7.99. The van der Waals surface area contributed by atoms with Crippen LogP contribution in [0.25, 0.3) is 16.6 Å². The quantitative estimate of drug-likeness (QED) is 0.183. The fourth-order valence-corrected chi connectivity index (χ4v) is 3.97. The lowest BCUT2D eigenvalue weighted by Crippen LogP contribution is -2.24. The summed E-state index contributed by atoms with van der Waals surface area (Å²) in [6.07, 6.45) is 1.52. The molecule has 6 nitrogen and oxygen atoms in total. The largest absolute Gasteiger partial charge is 0.272 e. The second-order valence-corrected chi connectivity index (χ2v) is 8.48. The summed E-state index contributed by atoms with van der Waals surface area (Å²) in [5.74, 6) is -0.304. The molecule has 1 amide bonds. The number of fused-ring (bicyclic) bond motifs is 1. The smallest absolute Gasteiger partial charge is 0.266 e. The van der Waals surface area contributed by atoms with Crippen molar-refractivity contribution in [1.82, 2.24) is 15.0 Å². The van der Waals surface area contributed by atoms with Crippen molar-refractivity contribution >= 4 is 58.0 Å². The molecule has 0 unspecified atom stereocenters. The van der Waals surface area contributed by atoms with E-state index in [4.69, 9.17) is 23.2 Å². The van der Waals surface area contributed by atoms with Gasteiger partial charge in [0.25, 0.3) is 11.5 Å². The van der Waals surface area contributed by atoms with Crippen molar-refractivity contribution in [3.63, 3.8) is 0 Å². The van der Waals surface area contributed by atoms with Gasteiger partial charge in [0, 0.05) is 10.0 Å². The summed E-state index contributed by atoms with van der Waals surface area (Å²) in [5, 5.41) is 6.02. The number of nitrogens with one attached hydrogen (secondary N) is 1. The van der Waals surface area contributed by atoms with E-state index in [1.807, 2.05) is 6.07 Å². The summed E-state index contributed by atoms with van der Waals surface area (Å²) in [5.41, 5.74) is 4.23. The van der Waals surface area contributed by atoms with E-state index in [1.165, 1.54) is 10.8 Å². The van der Waals surface area contributed by atoms with Crippen molar-refractivity contribution < 1.29 is 4.79 Å². The van der Waals surface area contributed by atoms with E-state index in [0.717, 1.165) is 17.3 Å². The van der Waals surface area contributed by atoms with E-state index < -0.39 is 0 Å². The van der Waals surface area contributed by atoms with Gasteiger partial charge in [0.15, 0.2) is 5.16 Å². The van der Waals surface area contributed by atoms with Crippen LogP contribution in [0.3, 0.4) is 0 Å². The molecule has 0 bridgehead atoms. The van der Waals surface area contributed by atoms with Crippen LogP contribution in [-0.4, -0.2) is 27.4 Å². The van der Waals surface area contributed by atoms with Gasteiger partial charge in [-0.3, -0.25) is 14.2 Å². The molecule has 0 aliphatic rings. The van der Waals surface area contributed by atoms with E-state index in [0.29, 0.717) is 31.8 Å². The predicted molar refractivity (Wildman–Crippen MR) is 130 cm³/mol. The molecule has 0 aliphatic heterocycles. The van der Waals surface area contributed by atoms with E-state index >= 15 is 0 Å². The van der Waals surface area contributed by atoms with Crippen molar-refractivity contribution in [2.75, 3.05) is 5.75 Å². The second kappa shape index (κ2) is 9.99. The minimum atomic E-state index is -0.328. The first kappa shape index (κ1) is 22.1. The third-order valence-electron chi connectivity index (χ3n) is 4.43. The van der Waals surface area contributed by atoms with E-state index in [2.05, 4.69) is 15.5 Å². The van der Waals surface area contributed by atoms with Gasteiger partial charge >= 0.3 is 0 Å². The predicted octanol–water partition coefficient (Wildman–Crippen LogP) is 4.93. The highest BCUT2D eigenvalue weighted by Crippen LogP contribution is 2.22. The van der Waals surface area contributed by atoms with Gasteiger partial charge in [0.05, 0.1) is 28.6 Å². The maximum Gasteiger partial charge on any atom is 0.266 e. The lowest BCUT2D eigenvalue weighted by molar-refractivity contribution is -0.118. The minimum absolute atomic E-state index is 0.0241. The Balaban J connectivity index is 1.56. The summed E-state index contributed by atoms with van der Waals surface area (Å²) in [7, 11) is 0. The molecule has 160 valence electrons. The lowest BCUT2D eigenvalue weighted by Gasteiger charge is -2.13. The Morgan fingerprint density at radius 1 is 1.00 bits per heavy atom. The summed E-state index contributed by atoms with van der Waals surface area (Å²) < 4.78 is 1.48. The Morgan fingerprint density at radius 2 is 1.66 bits per heavy atom. The average molecular weight is 483 g/mol. The molecule has 32 heavy (non-hydrogen) atoms. The molecule has 0 radical (unpaired) electrons. The zero-order valence-corrected chi connectivity index (χ0v) is 18.9. The Bertz CT molecular complexity index is 1350. The van der Waals surface area contributed by atoms with Crippen molar-refractivity contribution in [3.8, 4) is 5.69 Å². The monoisotopic (exact) mass is 482 g/mol. The number of amides is 1. The molecular formula is C23H16Cl2N4O2S. The van der Waals surface area contributed by atoms with Gasteiger partial charge in [-0.25, -0.2) is 10.4 Å². The number of para-hydroxylation sites is 1. The van der Waals surface area contributed by atoms with E-state index in [9.17, 15) is 9.59 Å². The number of aromatic nitrogens is 2. The van der Waals surface area contributed by atoms with Crippen LogP contribution in [0.1, 0.15) is 5.56 Å². The number of halogens is 2. The maximum atomic E-state index is 13.2. The molecule has 0 spiro atoms. The molecule has 4 aromatic rings. The maximum absolute atomic E-state index is 13.2. The first-order chi connectivity index (χ1) is 15.5. The first-order valence-corrected chi connectivity index (χ1v) is 11.2. The zero-order chi connectivity index (χ0) is 22.5. The highest BCUT2D eigenvalue weighted by atomic mass is 35.5. The van der Waals surface area contributed by atoms with E-state index in [1.54, 1.807) is 66.7 Å². The molecule has 0 saturated carbocycles. The summed E-state index contributed by atoms with van der Waals surface area (Å²) in [6, 6.07) is 21.0. The van der Waals surface area contributed by atoms with E-state index in [-0.39, 0.29) is 17.2 Å². The molecule has 0 fully saturated rings. The summed E-state index contributed by atoms with van der Waals surface area (Å²) in [4.78, 5) is 30.1. The molecule has 1 N–H and O–H groups in total. The van der Waals surface area contributed by atoms with Crippen LogP contribution in [0.4, 0.5) is 0 Å². The van der Waals surface area contributed by atoms with Crippen molar-refractivity contribution in [2.24, 2.45) is 5.10 Å². The molecule has 0 atom stereocenters. The van der Waals surface area contributed by atoms with Crippen molar-refractivity contribution in [1.29, 1.82) is 0 Å². The van der Waals surface area contributed by atoms with Crippen LogP contribution in [-0.2, 0) is 4.79 Å². The summed E-state index contributed by atoms with van der Waals surface area (Å²) >= 11 is 13.0. The van der Waals surface area contributed by atoms with Gasteiger partial charge in [0.1, 0.15) is 0 Å². The molecule has 1 aromatic heterocycles. The number of hydrazone groups is 1. The Hall–Kier alpha value is -3.13. The SMILES string of the molecule is O=C(CSc1nc2ccccc2c(=O)n1-c1ccc(Cl)cc1)NN=Cc1ccc(Cl)cc1. The summed E-state index contributed by atoms with van der Waals surface area (Å²) in [6.45, 7) is 0. The number of hydrogen-bond acceptors (Lipinski definition) is 5. The highest BCUT2D eigenvalue weighted by Gasteiger charge is 2.14. The van der Waals surface area contributed by atoms with Crippen LogP contribution in [0.2, 0.25) is 10.0 Å². The number of carbonyl (C=O) groups excluding carboxylic acids is 1. The first-order valence-electron chi connectivity index (χ1n) is 9.49. The number of thioether (sulfide) groups is 1. The van der Waals surface area contributed by atoms with Gasteiger partial charge in [-0.2, -0.15) is 5.10 Å². The second-order valence-electron chi connectivity index (χ2n) is 6.66. The third-order valence-corrected chi connectivity index (χ3v) is 5.88. The van der Waals surface area contributed by atoms with Crippen LogP contribution >= 0.6 is 35.0 Å². The fourth-order valence-electron chi connectivity index (χ4n) is 2.92. The Kier molecular flexibility index (Phi) is 6.90. The normalized spacial score (nSPS) is 11.2. The zero-order valence-electron chi connectivity index (χ0n) is 16.5. The number of rotatable bonds is 6. The minimum Gasteiger partial charge on any atom is -0.272 e. The van der Waals surface area contributed by atoms with Gasteiger partial charge < -0.3 is 0 Å². The topological polar surface area (TPSA) is 76.3 Å². The number of hydrogen-bond donors (Lipinski definition) is 1. The number of nitrogens with zero attached hydrogens (tertiary/aromatic N) is 3. The van der Waals surface area contributed by atoms with Crippen molar-refractivity contribution in [3.05, 3.63) is 98.8 Å². The third kappa shape index (κ3) is 5.19. The van der Waals surface area contributed by atoms with Gasteiger partial charge in [-0.1, -0.05) is 59.2 Å². The molecule has 9 heteroatoms. The van der Waals surface area contributed by atoms with Gasteiger partial charge in [-0.15, -0.1) is 0 Å². The van der Waals surface area contributed by atoms with Crippen molar-refractivity contribution in [2.45, 2.75) is 5.16 Å². The fraction of sp³-hybridized carbons (Fsp3) is 0.0435. The number of carbonyl (C=O) groups is 1. The van der Waals surface area contributed by atoms with Gasteiger partial charge in [-0.05, 0) is 54.1 Å². The molecule has 4 rings (SSSR count). The molecular weight excluding hydrogens is 467 g/mol. The molecule has 1 heterocycles. The molecule has 0 saturated heterocycles. The average Bonchev–Trinajstić information content (AvgIpc) is 2.80. The standard InChI is InChI=1S/C23H16Cl2N4O2S/c24-16-7-5-15(6-8-16)13-26-28-21(30)14-32-23-27-20-4-2-1-3-19(20)22(31)29(23)18-11-9-17(25)10-12-18/h1-13H,14H2,(H,28,30). The van der Waals surface area contributed by atoms with Crippen LogP contribution in [0, 0.1) is 0 Å². The molecule has 0 aliphatic carbocycles. The Labute approximate surface area is 197 Å². The van der Waals surface area contributed by atoms with Gasteiger partial charge in [0.2, 0.25) is 0 Å². The molecule has 3 aromatic carbocycles. The van der Waals surface area contributed by atoms with Crippen LogP contribution in [0.5, 0.6) is 0 Å². The lowest BCUT2D eigenvalue weighted by atomic mass is 10.2. The Morgan fingerprint density at radius 3 is 2.38 bits per heavy atom. The van der Waals surface area contributed by atoms with Crippen LogP contribution < -0.4 is 11.0 Å².